The predicted molar refractivity (Wildman–Crippen MR) is 87.1 cm³/mol. The summed E-state index contributed by atoms with van der Waals surface area (Å²) >= 11 is 0. The van der Waals surface area contributed by atoms with E-state index in [0.717, 1.165) is 37.2 Å². The molecule has 1 aromatic rings. The Hall–Kier alpha value is -0.930. The number of nitrogens with one attached hydrogen (secondary N) is 1. The van der Waals surface area contributed by atoms with E-state index >= 15 is 0 Å². The molecule has 1 atom stereocenters. The van der Waals surface area contributed by atoms with E-state index in [1.807, 2.05) is 19.1 Å². The molecule has 1 heterocycles. The number of benzene rings is 1. The standard InChI is InChI=1S/C18H29FN2/c1-5-10-20-17(15-13-14(2)8-9-16(15)19)18(3,4)21-11-6-7-12-21/h8-9,13,17,20H,5-7,10-12H2,1-4H3. The summed E-state index contributed by atoms with van der Waals surface area (Å²) in [4.78, 5) is 2.50. The lowest BCUT2D eigenvalue weighted by atomic mass is 9.86. The van der Waals surface area contributed by atoms with Crippen molar-refractivity contribution in [2.24, 2.45) is 0 Å². The van der Waals surface area contributed by atoms with Gasteiger partial charge in [0.2, 0.25) is 0 Å². The average molecular weight is 292 g/mol. The summed E-state index contributed by atoms with van der Waals surface area (Å²) in [5.41, 5.74) is 1.84. The first-order valence-corrected chi connectivity index (χ1v) is 8.21. The van der Waals surface area contributed by atoms with Crippen molar-refractivity contribution in [2.75, 3.05) is 19.6 Å². The minimum Gasteiger partial charge on any atom is -0.308 e. The summed E-state index contributed by atoms with van der Waals surface area (Å²) in [6.45, 7) is 11.8. The topological polar surface area (TPSA) is 15.3 Å². The molecular formula is C18H29FN2. The van der Waals surface area contributed by atoms with Crippen LogP contribution in [0.15, 0.2) is 18.2 Å². The van der Waals surface area contributed by atoms with Gasteiger partial charge >= 0.3 is 0 Å². The molecule has 0 spiro atoms. The van der Waals surface area contributed by atoms with E-state index in [9.17, 15) is 4.39 Å². The number of nitrogens with zero attached hydrogens (tertiary/aromatic N) is 1. The lowest BCUT2D eigenvalue weighted by molar-refractivity contribution is 0.105. The zero-order valence-electron chi connectivity index (χ0n) is 13.9. The molecule has 1 saturated heterocycles. The predicted octanol–water partition coefficient (Wildman–Crippen LogP) is 4.05. The summed E-state index contributed by atoms with van der Waals surface area (Å²) in [5, 5.41) is 3.59. The maximum Gasteiger partial charge on any atom is 0.128 e. The summed E-state index contributed by atoms with van der Waals surface area (Å²) in [5.74, 6) is -0.0959. The van der Waals surface area contributed by atoms with Gasteiger partial charge in [-0.2, -0.15) is 0 Å². The van der Waals surface area contributed by atoms with Gasteiger partial charge in [0, 0.05) is 11.1 Å². The maximum atomic E-state index is 14.4. The van der Waals surface area contributed by atoms with E-state index in [1.54, 1.807) is 6.07 Å². The Morgan fingerprint density at radius 1 is 1.29 bits per heavy atom. The molecule has 1 aliphatic rings. The number of halogens is 1. The van der Waals surface area contributed by atoms with Crippen LogP contribution in [0.25, 0.3) is 0 Å². The summed E-state index contributed by atoms with van der Waals surface area (Å²) in [7, 11) is 0. The van der Waals surface area contributed by atoms with Gasteiger partial charge in [0.1, 0.15) is 5.82 Å². The van der Waals surface area contributed by atoms with E-state index in [0.29, 0.717) is 0 Å². The van der Waals surface area contributed by atoms with Crippen molar-refractivity contribution in [3.8, 4) is 0 Å². The molecular weight excluding hydrogens is 263 g/mol. The first-order chi connectivity index (χ1) is 9.96. The molecule has 0 aliphatic carbocycles. The molecule has 0 bridgehead atoms. The Bertz CT molecular complexity index is 464. The Balaban J connectivity index is 2.34. The highest BCUT2D eigenvalue weighted by atomic mass is 19.1. The van der Waals surface area contributed by atoms with Gasteiger partial charge in [0.25, 0.3) is 0 Å². The molecule has 0 radical (unpaired) electrons. The molecule has 1 aromatic carbocycles. The second-order valence-electron chi connectivity index (χ2n) is 6.76. The molecule has 0 amide bonds. The van der Waals surface area contributed by atoms with E-state index in [2.05, 4.69) is 31.0 Å². The monoisotopic (exact) mass is 292 g/mol. The Morgan fingerprint density at radius 3 is 2.57 bits per heavy atom. The van der Waals surface area contributed by atoms with Gasteiger partial charge in [-0.15, -0.1) is 0 Å². The van der Waals surface area contributed by atoms with E-state index < -0.39 is 0 Å². The third-order valence-corrected chi connectivity index (χ3v) is 4.69. The van der Waals surface area contributed by atoms with Gasteiger partial charge in [0.05, 0.1) is 6.04 Å². The van der Waals surface area contributed by atoms with Gasteiger partial charge in [-0.05, 0) is 65.7 Å². The number of likely N-dealkylation sites (tertiary alicyclic amines) is 1. The molecule has 3 heteroatoms. The Morgan fingerprint density at radius 2 is 1.95 bits per heavy atom. The van der Waals surface area contributed by atoms with Crippen molar-refractivity contribution < 1.29 is 4.39 Å². The lowest BCUT2D eigenvalue weighted by Gasteiger charge is -2.43. The van der Waals surface area contributed by atoms with Gasteiger partial charge in [-0.1, -0.05) is 24.6 Å². The maximum absolute atomic E-state index is 14.4. The number of rotatable bonds is 6. The van der Waals surface area contributed by atoms with Gasteiger partial charge in [-0.3, -0.25) is 4.90 Å². The highest BCUT2D eigenvalue weighted by Gasteiger charge is 2.38. The smallest absolute Gasteiger partial charge is 0.128 e. The third-order valence-electron chi connectivity index (χ3n) is 4.69. The second kappa shape index (κ2) is 6.89. The zero-order chi connectivity index (χ0) is 15.5. The highest BCUT2D eigenvalue weighted by Crippen LogP contribution is 2.35. The van der Waals surface area contributed by atoms with Crippen molar-refractivity contribution in [1.82, 2.24) is 10.2 Å². The van der Waals surface area contributed by atoms with Crippen LogP contribution in [0, 0.1) is 12.7 Å². The van der Waals surface area contributed by atoms with E-state index in [4.69, 9.17) is 0 Å². The summed E-state index contributed by atoms with van der Waals surface area (Å²) < 4.78 is 14.4. The molecule has 0 saturated carbocycles. The number of hydrogen-bond donors (Lipinski definition) is 1. The third kappa shape index (κ3) is 3.64. The van der Waals surface area contributed by atoms with E-state index in [-0.39, 0.29) is 17.4 Å². The van der Waals surface area contributed by atoms with E-state index in [1.165, 1.54) is 12.8 Å². The normalized spacial score (nSPS) is 18.1. The van der Waals surface area contributed by atoms with Gasteiger partial charge in [0.15, 0.2) is 0 Å². The lowest BCUT2D eigenvalue weighted by Crippen LogP contribution is -2.52. The first-order valence-electron chi connectivity index (χ1n) is 8.21. The minimum atomic E-state index is -0.0959. The van der Waals surface area contributed by atoms with Gasteiger partial charge in [-0.25, -0.2) is 4.39 Å². The van der Waals surface area contributed by atoms with Crippen LogP contribution in [0.4, 0.5) is 4.39 Å². The quantitative estimate of drug-likeness (QED) is 0.851. The average Bonchev–Trinajstić information content (AvgIpc) is 2.97. The van der Waals surface area contributed by atoms with Crippen LogP contribution in [-0.2, 0) is 0 Å². The molecule has 1 unspecified atom stereocenters. The minimum absolute atomic E-state index is 0.0236. The second-order valence-corrected chi connectivity index (χ2v) is 6.76. The van der Waals surface area contributed by atoms with Crippen LogP contribution >= 0.6 is 0 Å². The Labute approximate surface area is 128 Å². The molecule has 1 fully saturated rings. The largest absolute Gasteiger partial charge is 0.308 e. The van der Waals surface area contributed by atoms with Crippen LogP contribution in [0.5, 0.6) is 0 Å². The van der Waals surface area contributed by atoms with Crippen molar-refractivity contribution in [3.05, 3.63) is 35.1 Å². The van der Waals surface area contributed by atoms with Crippen LogP contribution < -0.4 is 5.32 Å². The molecule has 1 aliphatic heterocycles. The highest BCUT2D eigenvalue weighted by molar-refractivity contribution is 5.29. The van der Waals surface area contributed by atoms with Crippen LogP contribution in [-0.4, -0.2) is 30.1 Å². The zero-order valence-corrected chi connectivity index (χ0v) is 13.9. The van der Waals surface area contributed by atoms with Crippen LogP contribution in [0.3, 0.4) is 0 Å². The van der Waals surface area contributed by atoms with Gasteiger partial charge < -0.3 is 5.32 Å². The Kier molecular flexibility index (Phi) is 5.39. The number of aryl methyl sites for hydroxylation is 1. The molecule has 118 valence electrons. The molecule has 21 heavy (non-hydrogen) atoms. The molecule has 2 rings (SSSR count). The SMILES string of the molecule is CCCNC(c1cc(C)ccc1F)C(C)(C)N1CCCC1. The van der Waals surface area contributed by atoms with Crippen molar-refractivity contribution in [3.63, 3.8) is 0 Å². The first kappa shape index (κ1) is 16.4. The molecule has 0 aromatic heterocycles. The summed E-state index contributed by atoms with van der Waals surface area (Å²) in [6, 6.07) is 5.47. The van der Waals surface area contributed by atoms with Crippen LogP contribution in [0.2, 0.25) is 0 Å². The van der Waals surface area contributed by atoms with Crippen molar-refractivity contribution in [1.29, 1.82) is 0 Å². The molecule has 2 nitrogen and oxygen atoms in total. The fourth-order valence-electron chi connectivity index (χ4n) is 3.39. The fourth-order valence-corrected chi connectivity index (χ4v) is 3.39. The molecule has 1 N–H and O–H groups in total. The number of hydrogen-bond acceptors (Lipinski definition) is 2. The van der Waals surface area contributed by atoms with Crippen molar-refractivity contribution in [2.45, 2.75) is 58.5 Å². The summed E-state index contributed by atoms with van der Waals surface area (Å²) in [6.07, 6.45) is 3.56. The fraction of sp³-hybridized carbons (Fsp3) is 0.667. The van der Waals surface area contributed by atoms with Crippen LogP contribution in [0.1, 0.15) is 57.2 Å². The van der Waals surface area contributed by atoms with Crippen molar-refractivity contribution >= 4 is 0 Å².